The van der Waals surface area contributed by atoms with Gasteiger partial charge in [0.15, 0.2) is 5.78 Å². The van der Waals surface area contributed by atoms with Crippen molar-refractivity contribution < 1.29 is 19.3 Å². The molecule has 0 radical (unpaired) electrons. The predicted molar refractivity (Wildman–Crippen MR) is 132 cm³/mol. The molecule has 2 amide bonds. The van der Waals surface area contributed by atoms with Gasteiger partial charge in [0, 0.05) is 23.9 Å². The number of ketones is 1. The van der Waals surface area contributed by atoms with E-state index in [0.29, 0.717) is 11.1 Å². The molecule has 178 valence electrons. The number of carbonyl (C=O) groups excluding carboxylic acids is 3. The number of benzene rings is 3. The number of rotatable bonds is 4. The van der Waals surface area contributed by atoms with Gasteiger partial charge in [0.2, 0.25) is 11.8 Å². The molecule has 0 bridgehead atoms. The van der Waals surface area contributed by atoms with Gasteiger partial charge in [-0.25, -0.2) is 4.90 Å². The zero-order chi connectivity index (χ0) is 25.1. The number of non-ortho nitro benzene ring substituents is 1. The van der Waals surface area contributed by atoms with Crippen LogP contribution in [0.4, 0.5) is 11.4 Å². The second kappa shape index (κ2) is 7.98. The summed E-state index contributed by atoms with van der Waals surface area (Å²) in [6.45, 7) is 1.70. The average molecular weight is 479 g/mol. The van der Waals surface area contributed by atoms with Gasteiger partial charge in [-0.1, -0.05) is 60.7 Å². The van der Waals surface area contributed by atoms with E-state index in [0.717, 1.165) is 16.0 Å². The number of imide groups is 1. The molecule has 3 aromatic carbocycles. The van der Waals surface area contributed by atoms with Crippen LogP contribution >= 0.6 is 0 Å². The first-order chi connectivity index (χ1) is 17.4. The molecule has 36 heavy (non-hydrogen) atoms. The summed E-state index contributed by atoms with van der Waals surface area (Å²) in [7, 11) is 0. The zero-order valence-electron chi connectivity index (χ0n) is 19.3. The van der Waals surface area contributed by atoms with E-state index >= 15 is 0 Å². The Balaban J connectivity index is 1.51. The molecule has 0 aromatic heterocycles. The minimum Gasteiger partial charge on any atom is -0.358 e. The highest BCUT2D eigenvalue weighted by Crippen LogP contribution is 2.54. The lowest BCUT2D eigenvalue weighted by Crippen LogP contribution is -2.44. The Hall–Kier alpha value is -4.59. The number of fused-ring (bicyclic) bond motifs is 5. The van der Waals surface area contributed by atoms with Crippen LogP contribution in [-0.4, -0.2) is 33.5 Å². The van der Waals surface area contributed by atoms with E-state index in [1.165, 1.54) is 18.2 Å². The molecule has 0 saturated carbocycles. The number of anilines is 1. The summed E-state index contributed by atoms with van der Waals surface area (Å²) in [5.74, 6) is -2.93. The number of nitrogens with zero attached hydrogens (tertiary/aromatic N) is 3. The van der Waals surface area contributed by atoms with Crippen LogP contribution in [0.5, 0.6) is 0 Å². The Morgan fingerprint density at radius 2 is 1.61 bits per heavy atom. The Morgan fingerprint density at radius 1 is 0.917 bits per heavy atom. The first-order valence-electron chi connectivity index (χ1n) is 11.6. The fourth-order valence-electron chi connectivity index (χ4n) is 5.82. The lowest BCUT2D eigenvalue weighted by Gasteiger charge is -2.35. The van der Waals surface area contributed by atoms with Crippen LogP contribution in [0.2, 0.25) is 0 Å². The summed E-state index contributed by atoms with van der Waals surface area (Å²) in [6, 6.07) is 19.1. The van der Waals surface area contributed by atoms with Crippen molar-refractivity contribution in [1.82, 2.24) is 4.90 Å². The van der Waals surface area contributed by atoms with E-state index in [-0.39, 0.29) is 17.2 Å². The van der Waals surface area contributed by atoms with Crippen LogP contribution < -0.4 is 4.90 Å². The zero-order valence-corrected chi connectivity index (χ0v) is 19.3. The number of carbonyl (C=O) groups is 3. The van der Waals surface area contributed by atoms with Crippen molar-refractivity contribution in [3.63, 3.8) is 0 Å². The molecule has 3 aliphatic rings. The summed E-state index contributed by atoms with van der Waals surface area (Å²) < 4.78 is 0. The van der Waals surface area contributed by atoms with E-state index in [1.807, 2.05) is 41.3 Å². The van der Waals surface area contributed by atoms with Gasteiger partial charge in [0.25, 0.3) is 5.69 Å². The van der Waals surface area contributed by atoms with Gasteiger partial charge in [-0.05, 0) is 29.7 Å². The molecule has 0 spiro atoms. The van der Waals surface area contributed by atoms with Crippen LogP contribution in [-0.2, 0) is 9.59 Å². The molecule has 0 aliphatic carbocycles. The molecular formula is C28H21N3O5. The van der Waals surface area contributed by atoms with E-state index in [2.05, 4.69) is 0 Å². The second-order valence-corrected chi connectivity index (χ2v) is 9.30. The van der Waals surface area contributed by atoms with Crippen molar-refractivity contribution in [3.8, 4) is 0 Å². The van der Waals surface area contributed by atoms with Crippen molar-refractivity contribution in [1.29, 1.82) is 0 Å². The highest BCUT2D eigenvalue weighted by Gasteiger charge is 2.64. The standard InChI is InChI=1S/C28H21N3O5/c1-16-11-12-19(31(35)36)15-21(16)30-27(33)22-23(28(30)34)25(26(32)18-8-3-2-4-9-18)29-14-13-17-7-5-6-10-20(17)24(22)29/h2-15,22-25H,1H3/t22-,23+,24+,25-/m0/s1. The third-order valence-electron chi connectivity index (χ3n) is 7.43. The van der Waals surface area contributed by atoms with Crippen LogP contribution in [0.15, 0.2) is 79.0 Å². The summed E-state index contributed by atoms with van der Waals surface area (Å²) in [4.78, 5) is 55.5. The number of Topliss-reactive ketones (excluding diaryl/α,β-unsaturated/α-hetero) is 1. The Morgan fingerprint density at radius 3 is 2.36 bits per heavy atom. The van der Waals surface area contributed by atoms with Gasteiger partial charge in [-0.2, -0.15) is 0 Å². The molecule has 0 N–H and O–H groups in total. The van der Waals surface area contributed by atoms with E-state index in [9.17, 15) is 24.5 Å². The summed E-state index contributed by atoms with van der Waals surface area (Å²) in [6.07, 6.45) is 3.70. The fraction of sp³-hybridized carbons (Fsp3) is 0.179. The summed E-state index contributed by atoms with van der Waals surface area (Å²) in [5.41, 5.74) is 2.80. The highest BCUT2D eigenvalue weighted by molar-refractivity contribution is 6.25. The van der Waals surface area contributed by atoms with Crippen LogP contribution in [0, 0.1) is 28.9 Å². The minimum absolute atomic E-state index is 0.186. The molecule has 3 heterocycles. The molecule has 6 rings (SSSR count). The van der Waals surface area contributed by atoms with Crippen LogP contribution in [0.3, 0.4) is 0 Å². The fourth-order valence-corrected chi connectivity index (χ4v) is 5.82. The van der Waals surface area contributed by atoms with E-state index < -0.39 is 40.7 Å². The third-order valence-corrected chi connectivity index (χ3v) is 7.43. The molecule has 8 nitrogen and oxygen atoms in total. The first-order valence-corrected chi connectivity index (χ1v) is 11.6. The van der Waals surface area contributed by atoms with Crippen molar-refractivity contribution in [2.45, 2.75) is 19.0 Å². The molecular weight excluding hydrogens is 458 g/mol. The minimum atomic E-state index is -0.926. The number of amides is 2. The maximum atomic E-state index is 14.0. The smallest absolute Gasteiger partial charge is 0.271 e. The quantitative estimate of drug-likeness (QED) is 0.239. The second-order valence-electron chi connectivity index (χ2n) is 9.30. The van der Waals surface area contributed by atoms with Crippen molar-refractivity contribution in [3.05, 3.63) is 111 Å². The predicted octanol–water partition coefficient (Wildman–Crippen LogP) is 4.30. The summed E-state index contributed by atoms with van der Waals surface area (Å²) in [5, 5.41) is 11.4. The molecule has 3 aromatic rings. The highest BCUT2D eigenvalue weighted by atomic mass is 16.6. The molecule has 3 aliphatic heterocycles. The molecule has 0 unspecified atom stereocenters. The van der Waals surface area contributed by atoms with E-state index in [1.54, 1.807) is 37.4 Å². The lowest BCUT2D eigenvalue weighted by atomic mass is 9.83. The Kier molecular flexibility index (Phi) is 4.86. The number of nitro groups is 1. The van der Waals surface area contributed by atoms with Gasteiger partial charge in [-0.3, -0.25) is 24.5 Å². The number of hydrogen-bond donors (Lipinski definition) is 0. The molecule has 4 atom stereocenters. The Bertz CT molecular complexity index is 1480. The third kappa shape index (κ3) is 3.04. The topological polar surface area (TPSA) is 101 Å². The molecule has 2 saturated heterocycles. The van der Waals surface area contributed by atoms with Gasteiger partial charge in [0.05, 0.1) is 28.5 Å². The van der Waals surface area contributed by atoms with Gasteiger partial charge in [0.1, 0.15) is 6.04 Å². The number of nitro benzene ring substituents is 1. The van der Waals surface area contributed by atoms with Crippen LogP contribution in [0.25, 0.3) is 6.08 Å². The average Bonchev–Trinajstić information content (AvgIpc) is 3.37. The first kappa shape index (κ1) is 21.9. The van der Waals surface area contributed by atoms with Gasteiger partial charge < -0.3 is 4.90 Å². The Labute approximate surface area is 206 Å². The lowest BCUT2D eigenvalue weighted by molar-refractivity contribution is -0.384. The normalized spacial score (nSPS) is 23.9. The van der Waals surface area contributed by atoms with Crippen molar-refractivity contribution >= 4 is 35.0 Å². The molecule has 8 heteroatoms. The number of hydrogen-bond acceptors (Lipinski definition) is 6. The van der Waals surface area contributed by atoms with Crippen molar-refractivity contribution in [2.75, 3.05) is 4.90 Å². The SMILES string of the molecule is Cc1ccc([N+](=O)[O-])cc1N1C(=O)[C@@H]2[C@H](C1=O)[C@H]1c3ccccc3C=CN1[C@@H]2C(=O)c1ccccc1. The molecule has 2 fully saturated rings. The summed E-state index contributed by atoms with van der Waals surface area (Å²) >= 11 is 0. The maximum Gasteiger partial charge on any atom is 0.271 e. The largest absolute Gasteiger partial charge is 0.358 e. The van der Waals surface area contributed by atoms with E-state index in [4.69, 9.17) is 0 Å². The van der Waals surface area contributed by atoms with Gasteiger partial charge in [-0.15, -0.1) is 0 Å². The van der Waals surface area contributed by atoms with Crippen LogP contribution in [0.1, 0.15) is 33.1 Å². The maximum absolute atomic E-state index is 14.0. The van der Waals surface area contributed by atoms with Crippen molar-refractivity contribution in [2.24, 2.45) is 11.8 Å². The number of aryl methyl sites for hydroxylation is 1. The monoisotopic (exact) mass is 479 g/mol. The van der Waals surface area contributed by atoms with Gasteiger partial charge >= 0.3 is 0 Å².